The summed E-state index contributed by atoms with van der Waals surface area (Å²) in [6.07, 6.45) is 10.7. The van der Waals surface area contributed by atoms with Gasteiger partial charge in [-0.25, -0.2) is 0 Å². The van der Waals surface area contributed by atoms with E-state index in [2.05, 4.69) is 0 Å². The fourth-order valence-electron chi connectivity index (χ4n) is 2.55. The lowest BCUT2D eigenvalue weighted by Gasteiger charge is -2.23. The highest BCUT2D eigenvalue weighted by Gasteiger charge is 2.23. The molecule has 0 aromatic heterocycles. The summed E-state index contributed by atoms with van der Waals surface area (Å²) in [5, 5.41) is 0. The maximum Gasteiger partial charge on any atom is 0.306 e. The van der Waals surface area contributed by atoms with E-state index in [1.165, 1.54) is 44.9 Å². The van der Waals surface area contributed by atoms with Crippen molar-refractivity contribution in [2.75, 3.05) is 6.61 Å². The van der Waals surface area contributed by atoms with Crippen LogP contribution in [0.25, 0.3) is 0 Å². The molecule has 3 heteroatoms. The second-order valence-corrected chi connectivity index (χ2v) is 5.88. The van der Waals surface area contributed by atoms with Crippen LogP contribution in [0.15, 0.2) is 0 Å². The van der Waals surface area contributed by atoms with E-state index in [1.54, 1.807) is 0 Å². The number of carbonyl (C=O) groups is 1. The Morgan fingerprint density at radius 1 is 1.17 bits per heavy atom. The van der Waals surface area contributed by atoms with Gasteiger partial charge in [0, 0.05) is 6.42 Å². The van der Waals surface area contributed by atoms with E-state index < -0.39 is 0 Å². The summed E-state index contributed by atoms with van der Waals surface area (Å²) in [5.41, 5.74) is 0. The fourth-order valence-corrected chi connectivity index (χ4v) is 2.55. The largest absolute Gasteiger partial charge is 0.460 e. The van der Waals surface area contributed by atoms with E-state index in [9.17, 15) is 4.79 Å². The minimum Gasteiger partial charge on any atom is -0.460 e. The summed E-state index contributed by atoms with van der Waals surface area (Å²) in [6, 6.07) is 0. The molecule has 2 rings (SSSR count). The highest BCUT2D eigenvalue weighted by molar-refractivity contribution is 5.69. The Balaban J connectivity index is 1.52. The highest BCUT2D eigenvalue weighted by Crippen LogP contribution is 2.33. The van der Waals surface area contributed by atoms with Crippen LogP contribution in [0.1, 0.15) is 64.7 Å². The van der Waals surface area contributed by atoms with Crippen LogP contribution in [0.3, 0.4) is 0 Å². The minimum absolute atomic E-state index is 0.0540. The van der Waals surface area contributed by atoms with Crippen LogP contribution in [0, 0.1) is 5.92 Å². The molecule has 2 saturated carbocycles. The van der Waals surface area contributed by atoms with Crippen LogP contribution in [-0.2, 0) is 14.3 Å². The van der Waals surface area contributed by atoms with Gasteiger partial charge in [0.1, 0.15) is 6.10 Å². The zero-order valence-corrected chi connectivity index (χ0v) is 11.5. The third-order valence-electron chi connectivity index (χ3n) is 3.91. The molecule has 0 N–H and O–H groups in total. The molecule has 1 unspecified atom stereocenters. The van der Waals surface area contributed by atoms with Gasteiger partial charge in [-0.1, -0.05) is 32.1 Å². The van der Waals surface area contributed by atoms with Crippen molar-refractivity contribution in [1.82, 2.24) is 0 Å². The summed E-state index contributed by atoms with van der Waals surface area (Å²) in [4.78, 5) is 11.6. The van der Waals surface area contributed by atoms with Crippen molar-refractivity contribution < 1.29 is 14.3 Å². The zero-order valence-electron chi connectivity index (χ0n) is 11.5. The van der Waals surface area contributed by atoms with Crippen molar-refractivity contribution in [2.24, 2.45) is 5.92 Å². The normalized spacial score (nSPS) is 22.7. The smallest absolute Gasteiger partial charge is 0.306 e. The molecule has 1 atom stereocenters. The van der Waals surface area contributed by atoms with Crippen LogP contribution in [0.4, 0.5) is 0 Å². The van der Waals surface area contributed by atoms with Crippen LogP contribution in [0.5, 0.6) is 0 Å². The quantitative estimate of drug-likeness (QED) is 0.653. The zero-order chi connectivity index (χ0) is 12.8. The lowest BCUT2D eigenvalue weighted by atomic mass is 9.98. The van der Waals surface area contributed by atoms with Gasteiger partial charge in [0.15, 0.2) is 0 Å². The lowest BCUT2D eigenvalue weighted by molar-refractivity contribution is -0.152. The molecule has 0 heterocycles. The first-order valence-electron chi connectivity index (χ1n) is 7.55. The fraction of sp³-hybridized carbons (Fsp3) is 0.933. The second-order valence-electron chi connectivity index (χ2n) is 5.88. The molecule has 104 valence electrons. The Hall–Kier alpha value is -0.570. The molecule has 0 aliphatic heterocycles. The summed E-state index contributed by atoms with van der Waals surface area (Å²) >= 11 is 0. The summed E-state index contributed by atoms with van der Waals surface area (Å²) in [7, 11) is 0. The van der Waals surface area contributed by atoms with Gasteiger partial charge in [-0.05, 0) is 32.1 Å². The minimum atomic E-state index is -0.0985. The van der Waals surface area contributed by atoms with Crippen LogP contribution in [0.2, 0.25) is 0 Å². The molecule has 2 aliphatic rings. The first-order valence-corrected chi connectivity index (χ1v) is 7.55. The molecule has 0 bridgehead atoms. The van der Waals surface area contributed by atoms with Gasteiger partial charge in [0.2, 0.25) is 0 Å². The van der Waals surface area contributed by atoms with Crippen molar-refractivity contribution in [1.29, 1.82) is 0 Å². The van der Waals surface area contributed by atoms with E-state index in [4.69, 9.17) is 9.47 Å². The highest BCUT2D eigenvalue weighted by atomic mass is 16.6. The first kappa shape index (κ1) is 13.9. The third-order valence-corrected chi connectivity index (χ3v) is 3.91. The number of hydrogen-bond donors (Lipinski definition) is 0. The average molecular weight is 254 g/mol. The summed E-state index contributed by atoms with van der Waals surface area (Å²) < 4.78 is 11.2. The van der Waals surface area contributed by atoms with Gasteiger partial charge < -0.3 is 9.47 Å². The van der Waals surface area contributed by atoms with Gasteiger partial charge in [0.05, 0.1) is 12.7 Å². The number of carbonyl (C=O) groups excluding carboxylic acids is 1. The third kappa shape index (κ3) is 5.38. The van der Waals surface area contributed by atoms with Crippen molar-refractivity contribution >= 4 is 5.97 Å². The van der Waals surface area contributed by atoms with E-state index in [0.717, 1.165) is 12.3 Å². The van der Waals surface area contributed by atoms with Crippen molar-refractivity contribution in [3.8, 4) is 0 Å². The van der Waals surface area contributed by atoms with Gasteiger partial charge in [-0.2, -0.15) is 0 Å². The molecule has 0 saturated heterocycles. The summed E-state index contributed by atoms with van der Waals surface area (Å²) in [5.74, 6) is 0.744. The maximum absolute atomic E-state index is 11.6. The van der Waals surface area contributed by atoms with Crippen molar-refractivity contribution in [3.05, 3.63) is 0 Å². The SMILES string of the molecule is CC(COC1CCCCC1)OC(=O)CCC1CC1. The number of ether oxygens (including phenoxy) is 2. The Kier molecular flexibility index (Phi) is 5.48. The van der Waals surface area contributed by atoms with Crippen LogP contribution >= 0.6 is 0 Å². The van der Waals surface area contributed by atoms with Gasteiger partial charge >= 0.3 is 5.97 Å². The molecular weight excluding hydrogens is 228 g/mol. The molecular formula is C15H26O3. The van der Waals surface area contributed by atoms with Crippen LogP contribution < -0.4 is 0 Å². The average Bonchev–Trinajstić information content (AvgIpc) is 3.19. The second kappa shape index (κ2) is 7.13. The standard InChI is InChI=1S/C15H26O3/c1-12(11-17-14-5-3-2-4-6-14)18-15(16)10-9-13-7-8-13/h12-14H,2-11H2,1H3. The molecule has 0 spiro atoms. The topological polar surface area (TPSA) is 35.5 Å². The number of hydrogen-bond acceptors (Lipinski definition) is 3. The molecule has 18 heavy (non-hydrogen) atoms. The Labute approximate surface area is 110 Å². The van der Waals surface area contributed by atoms with Gasteiger partial charge in [-0.3, -0.25) is 4.79 Å². The predicted molar refractivity (Wildman–Crippen MR) is 70.3 cm³/mol. The van der Waals surface area contributed by atoms with Crippen molar-refractivity contribution in [3.63, 3.8) is 0 Å². The molecule has 2 fully saturated rings. The molecule has 0 aromatic carbocycles. The van der Waals surface area contributed by atoms with Crippen LogP contribution in [-0.4, -0.2) is 24.8 Å². The predicted octanol–water partition coefficient (Wildman–Crippen LogP) is 3.46. The van der Waals surface area contributed by atoms with E-state index in [-0.39, 0.29) is 12.1 Å². The lowest BCUT2D eigenvalue weighted by Crippen LogP contribution is -2.25. The van der Waals surface area contributed by atoms with E-state index in [1.807, 2.05) is 6.92 Å². The van der Waals surface area contributed by atoms with E-state index in [0.29, 0.717) is 19.1 Å². The summed E-state index contributed by atoms with van der Waals surface area (Å²) in [6.45, 7) is 2.48. The van der Waals surface area contributed by atoms with E-state index >= 15 is 0 Å². The van der Waals surface area contributed by atoms with Gasteiger partial charge in [-0.15, -0.1) is 0 Å². The first-order chi connectivity index (χ1) is 8.74. The molecule has 0 aromatic rings. The molecule has 0 amide bonds. The molecule has 2 aliphatic carbocycles. The number of esters is 1. The number of rotatable bonds is 7. The monoisotopic (exact) mass is 254 g/mol. The Morgan fingerprint density at radius 2 is 1.89 bits per heavy atom. The Bertz CT molecular complexity index is 254. The molecule has 3 nitrogen and oxygen atoms in total. The van der Waals surface area contributed by atoms with Gasteiger partial charge in [0.25, 0.3) is 0 Å². The maximum atomic E-state index is 11.6. The molecule has 0 radical (unpaired) electrons. The van der Waals surface area contributed by atoms with Crippen molar-refractivity contribution in [2.45, 2.75) is 76.9 Å². The Morgan fingerprint density at radius 3 is 2.56 bits per heavy atom.